The molecule has 1 heterocycles. The van der Waals surface area contributed by atoms with E-state index in [1.54, 1.807) is 11.3 Å². The average molecular weight is 527 g/mol. The number of aryl methyl sites for hydroxylation is 1. The highest BCUT2D eigenvalue weighted by Crippen LogP contribution is 2.19. The summed E-state index contributed by atoms with van der Waals surface area (Å²) in [6.07, 6.45) is 2.72. The van der Waals surface area contributed by atoms with Crippen molar-refractivity contribution in [3.05, 3.63) is 45.7 Å². The summed E-state index contributed by atoms with van der Waals surface area (Å²) in [6, 6.07) is 1.69. The molecule has 11 heteroatoms. The lowest BCUT2D eigenvalue weighted by molar-refractivity contribution is -0.114. The van der Waals surface area contributed by atoms with Gasteiger partial charge in [-0.3, -0.25) is 4.79 Å². The number of aliphatic imine (C=N–C) groups is 1. The molecule has 1 aromatic heterocycles. The fourth-order valence-corrected chi connectivity index (χ4v) is 2.86. The van der Waals surface area contributed by atoms with Crippen molar-refractivity contribution in [3.63, 3.8) is 0 Å². The van der Waals surface area contributed by atoms with Crippen LogP contribution in [0.1, 0.15) is 23.7 Å². The first-order chi connectivity index (χ1) is 12.9. The first-order valence-electron chi connectivity index (χ1n) is 8.33. The zero-order valence-corrected chi connectivity index (χ0v) is 18.5. The molecule has 154 valence electrons. The molecule has 0 radical (unpaired) electrons. The molecular formula is C17H21F3IN5OS. The van der Waals surface area contributed by atoms with Crippen LogP contribution in [-0.2, 0) is 17.8 Å². The molecule has 1 aromatic carbocycles. The Balaban J connectivity index is 0.00000392. The van der Waals surface area contributed by atoms with Crippen molar-refractivity contribution in [1.29, 1.82) is 0 Å². The van der Waals surface area contributed by atoms with E-state index in [0.717, 1.165) is 23.6 Å². The van der Waals surface area contributed by atoms with Crippen LogP contribution >= 0.6 is 35.3 Å². The van der Waals surface area contributed by atoms with Crippen molar-refractivity contribution in [2.75, 3.05) is 18.4 Å². The Bertz CT molecular complexity index is 831. The number of carbonyl (C=O) groups is 1. The second kappa shape index (κ2) is 11.8. The van der Waals surface area contributed by atoms with Crippen molar-refractivity contribution in [3.8, 4) is 0 Å². The van der Waals surface area contributed by atoms with Crippen LogP contribution < -0.4 is 16.0 Å². The van der Waals surface area contributed by atoms with Crippen LogP contribution in [0.5, 0.6) is 0 Å². The number of carbonyl (C=O) groups excluding carboxylic acids is 1. The predicted octanol–water partition coefficient (Wildman–Crippen LogP) is 3.43. The summed E-state index contributed by atoms with van der Waals surface area (Å²) in [7, 11) is 0. The van der Waals surface area contributed by atoms with Crippen LogP contribution in [-0.4, -0.2) is 29.9 Å². The molecule has 0 spiro atoms. The number of nitrogens with zero attached hydrogens (tertiary/aromatic N) is 2. The van der Waals surface area contributed by atoms with Crippen LogP contribution in [0.15, 0.2) is 23.3 Å². The lowest BCUT2D eigenvalue weighted by Crippen LogP contribution is -2.37. The van der Waals surface area contributed by atoms with Gasteiger partial charge < -0.3 is 16.0 Å². The summed E-state index contributed by atoms with van der Waals surface area (Å²) in [5, 5.41) is 9.06. The Kier molecular flexibility index (Phi) is 10.2. The molecule has 0 saturated heterocycles. The number of guanidine groups is 1. The van der Waals surface area contributed by atoms with E-state index in [4.69, 9.17) is 0 Å². The number of rotatable bonds is 7. The van der Waals surface area contributed by atoms with E-state index in [0.29, 0.717) is 19.0 Å². The van der Waals surface area contributed by atoms with Gasteiger partial charge in [0.15, 0.2) is 23.4 Å². The van der Waals surface area contributed by atoms with Crippen LogP contribution in [0.3, 0.4) is 0 Å². The highest BCUT2D eigenvalue weighted by Gasteiger charge is 2.15. The standard InChI is InChI=1S/C17H20F3N5OS.HI/c1-3-10-7-22-14(27-10)9-24-17(21-4-2)23-8-13(26)25-12-6-5-11(18)15(19)16(12)20;/h5-7H,3-4,8-9H2,1-2H3,(H,25,26)(H2,21,23,24);1H. The second-order valence-electron chi connectivity index (χ2n) is 5.39. The van der Waals surface area contributed by atoms with E-state index in [2.05, 4.69) is 25.9 Å². The molecule has 0 aliphatic carbocycles. The van der Waals surface area contributed by atoms with Gasteiger partial charge in [-0.25, -0.2) is 23.1 Å². The summed E-state index contributed by atoms with van der Waals surface area (Å²) in [6.45, 7) is 4.60. The number of amides is 1. The number of aromatic nitrogens is 1. The van der Waals surface area contributed by atoms with Gasteiger partial charge in [0.25, 0.3) is 0 Å². The Morgan fingerprint density at radius 3 is 2.57 bits per heavy atom. The van der Waals surface area contributed by atoms with Crippen molar-refractivity contribution >= 4 is 52.9 Å². The molecule has 2 rings (SSSR count). The van der Waals surface area contributed by atoms with Gasteiger partial charge in [-0.1, -0.05) is 6.92 Å². The highest BCUT2D eigenvalue weighted by atomic mass is 127. The van der Waals surface area contributed by atoms with E-state index < -0.39 is 29.0 Å². The predicted molar refractivity (Wildman–Crippen MR) is 115 cm³/mol. The quantitative estimate of drug-likeness (QED) is 0.223. The summed E-state index contributed by atoms with van der Waals surface area (Å²) in [5.41, 5.74) is -0.443. The van der Waals surface area contributed by atoms with Crippen LogP contribution in [0.25, 0.3) is 0 Å². The number of thiazole rings is 1. The minimum atomic E-state index is -1.64. The molecule has 0 aliphatic rings. The number of hydrogen-bond acceptors (Lipinski definition) is 4. The summed E-state index contributed by atoms with van der Waals surface area (Å²) >= 11 is 1.58. The van der Waals surface area contributed by atoms with Gasteiger partial charge in [0.05, 0.1) is 12.2 Å². The summed E-state index contributed by atoms with van der Waals surface area (Å²) in [4.78, 5) is 21.5. The van der Waals surface area contributed by atoms with Gasteiger partial charge in [0.1, 0.15) is 11.6 Å². The summed E-state index contributed by atoms with van der Waals surface area (Å²) < 4.78 is 39.7. The van der Waals surface area contributed by atoms with E-state index in [1.807, 2.05) is 20.0 Å². The second-order valence-corrected chi connectivity index (χ2v) is 6.59. The third-order valence-electron chi connectivity index (χ3n) is 3.39. The number of benzene rings is 1. The molecule has 28 heavy (non-hydrogen) atoms. The minimum absolute atomic E-state index is 0. The Morgan fingerprint density at radius 2 is 1.93 bits per heavy atom. The van der Waals surface area contributed by atoms with Gasteiger partial charge in [-0.15, -0.1) is 35.3 Å². The first kappa shape index (κ1) is 24.1. The van der Waals surface area contributed by atoms with Gasteiger partial charge in [0.2, 0.25) is 5.91 Å². The zero-order valence-electron chi connectivity index (χ0n) is 15.3. The lowest BCUT2D eigenvalue weighted by atomic mass is 10.3. The molecule has 2 aromatic rings. The van der Waals surface area contributed by atoms with Crippen molar-refractivity contribution in [2.45, 2.75) is 26.8 Å². The first-order valence-corrected chi connectivity index (χ1v) is 9.15. The van der Waals surface area contributed by atoms with Crippen LogP contribution in [0.2, 0.25) is 0 Å². The van der Waals surface area contributed by atoms with Crippen molar-refractivity contribution < 1.29 is 18.0 Å². The number of hydrogen-bond donors (Lipinski definition) is 3. The fourth-order valence-electron chi connectivity index (χ4n) is 2.06. The SMILES string of the molecule is CCNC(=NCC(=O)Nc1ccc(F)c(F)c1F)NCc1ncc(CC)s1.I. The number of halogens is 4. The van der Waals surface area contributed by atoms with Crippen molar-refractivity contribution in [2.24, 2.45) is 4.99 Å². The molecule has 1 amide bonds. The Labute approximate surface area is 182 Å². The van der Waals surface area contributed by atoms with Crippen molar-refractivity contribution in [1.82, 2.24) is 15.6 Å². The zero-order chi connectivity index (χ0) is 19.8. The molecule has 0 bridgehead atoms. The van der Waals surface area contributed by atoms with Crippen LogP contribution in [0.4, 0.5) is 18.9 Å². The van der Waals surface area contributed by atoms with Gasteiger partial charge in [-0.2, -0.15) is 0 Å². The van der Waals surface area contributed by atoms with Gasteiger partial charge in [0, 0.05) is 17.6 Å². The van der Waals surface area contributed by atoms with E-state index in [1.165, 1.54) is 4.88 Å². The molecule has 3 N–H and O–H groups in total. The molecule has 0 saturated carbocycles. The monoisotopic (exact) mass is 527 g/mol. The molecule has 0 unspecified atom stereocenters. The average Bonchev–Trinajstić information content (AvgIpc) is 3.12. The Morgan fingerprint density at radius 1 is 1.18 bits per heavy atom. The lowest BCUT2D eigenvalue weighted by Gasteiger charge is -2.10. The van der Waals surface area contributed by atoms with Gasteiger partial charge in [-0.05, 0) is 25.5 Å². The maximum absolute atomic E-state index is 13.6. The number of anilines is 1. The molecule has 6 nitrogen and oxygen atoms in total. The molecular weight excluding hydrogens is 506 g/mol. The number of nitrogens with one attached hydrogen (secondary N) is 3. The largest absolute Gasteiger partial charge is 0.357 e. The normalized spacial score (nSPS) is 11.0. The smallest absolute Gasteiger partial charge is 0.246 e. The molecule has 0 aliphatic heterocycles. The highest BCUT2D eigenvalue weighted by molar-refractivity contribution is 14.0. The molecule has 0 atom stereocenters. The van der Waals surface area contributed by atoms with E-state index >= 15 is 0 Å². The van der Waals surface area contributed by atoms with E-state index in [-0.39, 0.29) is 30.5 Å². The third-order valence-corrected chi connectivity index (χ3v) is 4.53. The topological polar surface area (TPSA) is 78.4 Å². The fraction of sp³-hybridized carbons (Fsp3) is 0.353. The maximum Gasteiger partial charge on any atom is 0.246 e. The maximum atomic E-state index is 13.6. The minimum Gasteiger partial charge on any atom is -0.357 e. The van der Waals surface area contributed by atoms with E-state index in [9.17, 15) is 18.0 Å². The van der Waals surface area contributed by atoms with Crippen LogP contribution in [0, 0.1) is 17.5 Å². The molecule has 0 fully saturated rings. The Hall–Kier alpha value is -1.89. The van der Waals surface area contributed by atoms with Gasteiger partial charge >= 0.3 is 0 Å². The summed E-state index contributed by atoms with van der Waals surface area (Å²) in [5.74, 6) is -4.70. The third kappa shape index (κ3) is 6.93.